The lowest BCUT2D eigenvalue weighted by Crippen LogP contribution is -2.31. The van der Waals surface area contributed by atoms with Crippen molar-refractivity contribution in [1.82, 2.24) is 30.0 Å². The van der Waals surface area contributed by atoms with Gasteiger partial charge in [0.05, 0.1) is 17.5 Å². The minimum absolute atomic E-state index is 0.0691. The summed E-state index contributed by atoms with van der Waals surface area (Å²) in [6, 6.07) is 3.96. The summed E-state index contributed by atoms with van der Waals surface area (Å²) in [4.78, 5) is 30.7. The zero-order chi connectivity index (χ0) is 18.5. The largest absolute Gasteiger partial charge is 0.339 e. The van der Waals surface area contributed by atoms with Gasteiger partial charge >= 0.3 is 0 Å². The molecule has 0 unspecified atom stereocenters. The van der Waals surface area contributed by atoms with Gasteiger partial charge in [-0.2, -0.15) is 0 Å². The predicted molar refractivity (Wildman–Crippen MR) is 97.7 cm³/mol. The van der Waals surface area contributed by atoms with E-state index in [0.717, 1.165) is 29.1 Å². The number of hydrogen-bond donors (Lipinski definition) is 0. The highest BCUT2D eigenvalue weighted by Gasteiger charge is 2.31. The van der Waals surface area contributed by atoms with Gasteiger partial charge in [0.25, 0.3) is 5.91 Å². The second-order valence-corrected chi connectivity index (χ2v) is 7.36. The van der Waals surface area contributed by atoms with E-state index in [2.05, 4.69) is 15.5 Å². The number of carbonyl (C=O) groups excluding carboxylic acids is 2. The van der Waals surface area contributed by atoms with E-state index in [1.54, 1.807) is 4.68 Å². The van der Waals surface area contributed by atoms with Crippen LogP contribution in [-0.4, -0.2) is 61.5 Å². The summed E-state index contributed by atoms with van der Waals surface area (Å²) in [6.07, 6.45) is 3.81. The maximum atomic E-state index is 12.6. The highest BCUT2D eigenvalue weighted by molar-refractivity contribution is 7.14. The van der Waals surface area contributed by atoms with Gasteiger partial charge in [-0.05, 0) is 49.2 Å². The Morgan fingerprint density at radius 2 is 2.12 bits per heavy atom. The Morgan fingerprint density at radius 3 is 2.81 bits per heavy atom. The first-order valence-electron chi connectivity index (χ1n) is 9.03. The number of likely N-dealkylation sites (tertiary alicyclic amines) is 1. The van der Waals surface area contributed by atoms with Crippen LogP contribution >= 0.6 is 11.3 Å². The minimum atomic E-state index is 0.0691. The standard InChI is InChI=1S/C17H24N6O2S/c1-3-21(4-2)17(25)15-8-7-14(26-15)13-6-5-10-23(13)16(24)9-11-22-12-18-19-20-22/h7-8,12-13H,3-6,9-11H2,1-2H3/t13-/m0/s1. The molecule has 2 amide bonds. The molecule has 140 valence electrons. The Balaban J connectivity index is 1.66. The van der Waals surface area contributed by atoms with Crippen LogP contribution in [0.25, 0.3) is 0 Å². The number of aryl methyl sites for hydroxylation is 1. The number of nitrogens with zero attached hydrogens (tertiary/aromatic N) is 6. The fourth-order valence-electron chi connectivity index (χ4n) is 3.31. The Hall–Kier alpha value is -2.29. The second-order valence-electron chi connectivity index (χ2n) is 6.25. The summed E-state index contributed by atoms with van der Waals surface area (Å²) in [5, 5.41) is 11.0. The monoisotopic (exact) mass is 376 g/mol. The van der Waals surface area contributed by atoms with Gasteiger partial charge in [0, 0.05) is 30.9 Å². The first-order valence-corrected chi connectivity index (χ1v) is 9.85. The molecule has 8 nitrogen and oxygen atoms in total. The molecule has 0 aromatic carbocycles. The molecule has 3 heterocycles. The molecule has 2 aromatic heterocycles. The lowest BCUT2D eigenvalue weighted by molar-refractivity contribution is -0.132. The van der Waals surface area contributed by atoms with E-state index in [1.165, 1.54) is 17.7 Å². The third-order valence-corrected chi connectivity index (χ3v) is 5.91. The van der Waals surface area contributed by atoms with Gasteiger partial charge in [-0.15, -0.1) is 16.4 Å². The van der Waals surface area contributed by atoms with Gasteiger partial charge in [0.2, 0.25) is 5.91 Å². The van der Waals surface area contributed by atoms with E-state index in [4.69, 9.17) is 0 Å². The number of tetrazole rings is 1. The van der Waals surface area contributed by atoms with E-state index in [9.17, 15) is 9.59 Å². The highest BCUT2D eigenvalue weighted by Crippen LogP contribution is 2.36. The molecule has 1 atom stereocenters. The quantitative estimate of drug-likeness (QED) is 0.738. The maximum absolute atomic E-state index is 12.6. The number of thiophene rings is 1. The van der Waals surface area contributed by atoms with E-state index < -0.39 is 0 Å². The fourth-order valence-corrected chi connectivity index (χ4v) is 4.43. The van der Waals surface area contributed by atoms with E-state index in [-0.39, 0.29) is 17.9 Å². The molecule has 1 fully saturated rings. The van der Waals surface area contributed by atoms with Crippen molar-refractivity contribution in [2.45, 2.75) is 45.7 Å². The number of rotatable bonds is 7. The van der Waals surface area contributed by atoms with Crippen LogP contribution in [0.3, 0.4) is 0 Å². The van der Waals surface area contributed by atoms with Crippen LogP contribution in [0.15, 0.2) is 18.5 Å². The Labute approximate surface area is 156 Å². The Bertz CT molecular complexity index is 740. The van der Waals surface area contributed by atoms with Crippen LogP contribution in [0.1, 0.15) is 53.7 Å². The van der Waals surface area contributed by atoms with E-state index >= 15 is 0 Å². The molecule has 0 N–H and O–H groups in total. The van der Waals surface area contributed by atoms with Gasteiger partial charge in [0.1, 0.15) is 6.33 Å². The molecule has 26 heavy (non-hydrogen) atoms. The highest BCUT2D eigenvalue weighted by atomic mass is 32.1. The number of amides is 2. The summed E-state index contributed by atoms with van der Waals surface area (Å²) < 4.78 is 1.56. The number of hydrogen-bond acceptors (Lipinski definition) is 6. The third-order valence-electron chi connectivity index (χ3n) is 4.74. The SMILES string of the molecule is CCN(CC)C(=O)c1ccc([C@@H]2CCCN2C(=O)CCn2cnnn2)s1. The van der Waals surface area contributed by atoms with Crippen molar-refractivity contribution >= 4 is 23.2 Å². The summed E-state index contributed by atoms with van der Waals surface area (Å²) >= 11 is 1.51. The van der Waals surface area contributed by atoms with Gasteiger partial charge in [-0.1, -0.05) is 0 Å². The third kappa shape index (κ3) is 3.92. The van der Waals surface area contributed by atoms with Crippen LogP contribution in [0, 0.1) is 0 Å². The molecule has 0 spiro atoms. The van der Waals surface area contributed by atoms with Crippen LogP contribution in [-0.2, 0) is 11.3 Å². The molecule has 9 heteroatoms. The van der Waals surface area contributed by atoms with Crippen molar-refractivity contribution in [1.29, 1.82) is 0 Å². The topological polar surface area (TPSA) is 84.2 Å². The number of carbonyl (C=O) groups is 2. The van der Waals surface area contributed by atoms with Crippen molar-refractivity contribution < 1.29 is 9.59 Å². The predicted octanol–water partition coefficient (Wildman–Crippen LogP) is 1.97. The molecule has 1 aliphatic heterocycles. The molecular weight excluding hydrogens is 352 g/mol. The molecular formula is C17H24N6O2S. The first-order chi connectivity index (χ1) is 12.6. The van der Waals surface area contributed by atoms with E-state index in [0.29, 0.717) is 26.1 Å². The summed E-state index contributed by atoms with van der Waals surface area (Å²) in [5.74, 6) is 0.175. The molecule has 3 rings (SSSR count). The van der Waals surface area contributed by atoms with Crippen LogP contribution < -0.4 is 0 Å². The normalized spacial score (nSPS) is 16.8. The van der Waals surface area contributed by atoms with Crippen molar-refractivity contribution in [2.24, 2.45) is 0 Å². The van der Waals surface area contributed by atoms with Crippen molar-refractivity contribution in [2.75, 3.05) is 19.6 Å². The van der Waals surface area contributed by atoms with Crippen molar-refractivity contribution in [3.05, 3.63) is 28.2 Å². The lowest BCUT2D eigenvalue weighted by Gasteiger charge is -2.24. The molecule has 1 aliphatic rings. The second kappa shape index (κ2) is 8.39. The summed E-state index contributed by atoms with van der Waals surface area (Å²) in [7, 11) is 0. The summed E-state index contributed by atoms with van der Waals surface area (Å²) in [5.41, 5.74) is 0. The maximum Gasteiger partial charge on any atom is 0.263 e. The molecule has 1 saturated heterocycles. The number of aromatic nitrogens is 4. The van der Waals surface area contributed by atoms with Crippen LogP contribution in [0.4, 0.5) is 0 Å². The average Bonchev–Trinajstić information content (AvgIpc) is 3.41. The van der Waals surface area contributed by atoms with Crippen LogP contribution in [0.2, 0.25) is 0 Å². The average molecular weight is 376 g/mol. The molecule has 0 bridgehead atoms. The first kappa shape index (κ1) is 18.5. The summed E-state index contributed by atoms with van der Waals surface area (Å²) in [6.45, 7) is 6.61. The zero-order valence-corrected chi connectivity index (χ0v) is 16.0. The Morgan fingerprint density at radius 1 is 1.31 bits per heavy atom. The minimum Gasteiger partial charge on any atom is -0.339 e. The molecule has 0 radical (unpaired) electrons. The Kier molecular flexibility index (Phi) is 5.97. The van der Waals surface area contributed by atoms with Crippen molar-refractivity contribution in [3.8, 4) is 0 Å². The smallest absolute Gasteiger partial charge is 0.263 e. The zero-order valence-electron chi connectivity index (χ0n) is 15.2. The van der Waals surface area contributed by atoms with Gasteiger partial charge in [-0.25, -0.2) is 4.68 Å². The lowest BCUT2D eigenvalue weighted by atomic mass is 10.2. The molecule has 0 saturated carbocycles. The van der Waals surface area contributed by atoms with Gasteiger partial charge in [-0.3, -0.25) is 9.59 Å². The fraction of sp³-hybridized carbons (Fsp3) is 0.588. The van der Waals surface area contributed by atoms with E-state index in [1.807, 2.05) is 35.8 Å². The van der Waals surface area contributed by atoms with Gasteiger partial charge < -0.3 is 9.80 Å². The van der Waals surface area contributed by atoms with Crippen LogP contribution in [0.5, 0.6) is 0 Å². The van der Waals surface area contributed by atoms with Crippen molar-refractivity contribution in [3.63, 3.8) is 0 Å². The molecule has 2 aromatic rings. The molecule has 0 aliphatic carbocycles. The van der Waals surface area contributed by atoms with Gasteiger partial charge in [0.15, 0.2) is 0 Å².